The van der Waals surface area contributed by atoms with Crippen LogP contribution in [0.1, 0.15) is 87.9 Å². The lowest BCUT2D eigenvalue weighted by atomic mass is 10.0. The molecule has 224 valence electrons. The van der Waals surface area contributed by atoms with Crippen LogP contribution >= 0.6 is 0 Å². The number of fused-ring (bicyclic) bond motifs is 2. The van der Waals surface area contributed by atoms with Crippen molar-refractivity contribution in [3.8, 4) is 23.0 Å². The number of ketones is 2. The van der Waals surface area contributed by atoms with Crippen molar-refractivity contribution in [3.63, 3.8) is 0 Å². The normalized spacial score (nSPS) is 10.6. The standard InChI is InChI=1S/2C18H22O3/c1-4-10-20-17-15-9-7-6-8-14(15)12-16(13(3)19)18(17)21-11-5-2;1-4-9-20-17-8-6-7-14-11-15(13(3)19)18(12-16(14)17)21-10-5-2/h6-9,12H,4-5,10-11H2,1-3H3;6-8,11-12H,4-5,9-10H2,1-3H3. The van der Waals surface area contributed by atoms with Crippen LogP contribution < -0.4 is 18.9 Å². The maximum absolute atomic E-state index is 12.0. The second-order valence-electron chi connectivity index (χ2n) is 10.1. The van der Waals surface area contributed by atoms with Crippen LogP contribution in [0.25, 0.3) is 21.5 Å². The van der Waals surface area contributed by atoms with Gasteiger partial charge in [0.25, 0.3) is 0 Å². The van der Waals surface area contributed by atoms with Crippen molar-refractivity contribution in [1.82, 2.24) is 0 Å². The third-order valence-corrected chi connectivity index (χ3v) is 6.48. The fraction of sp³-hybridized carbons (Fsp3) is 0.389. The lowest BCUT2D eigenvalue weighted by Gasteiger charge is -2.17. The molecule has 6 heteroatoms. The molecule has 0 N–H and O–H groups in total. The Labute approximate surface area is 249 Å². The van der Waals surface area contributed by atoms with E-state index in [9.17, 15) is 9.59 Å². The van der Waals surface area contributed by atoms with E-state index in [1.54, 1.807) is 13.8 Å². The number of carbonyl (C=O) groups is 2. The molecule has 0 aliphatic rings. The Bertz CT molecular complexity index is 1470. The summed E-state index contributed by atoms with van der Waals surface area (Å²) >= 11 is 0. The minimum Gasteiger partial charge on any atom is -0.493 e. The summed E-state index contributed by atoms with van der Waals surface area (Å²) in [7, 11) is 0. The highest BCUT2D eigenvalue weighted by molar-refractivity contribution is 6.05. The lowest BCUT2D eigenvalue weighted by Crippen LogP contribution is -2.06. The number of Topliss-reactive ketones (excluding diaryl/α,β-unsaturated/α-hetero) is 2. The van der Waals surface area contributed by atoms with Gasteiger partial charge in [0.15, 0.2) is 23.1 Å². The molecule has 0 spiro atoms. The Balaban J connectivity index is 0.000000230. The predicted molar refractivity (Wildman–Crippen MR) is 171 cm³/mol. The number of hydrogen-bond acceptors (Lipinski definition) is 6. The Morgan fingerprint density at radius 2 is 1.02 bits per heavy atom. The smallest absolute Gasteiger partial charge is 0.172 e. The third-order valence-electron chi connectivity index (χ3n) is 6.48. The van der Waals surface area contributed by atoms with Crippen LogP contribution in [0.5, 0.6) is 23.0 Å². The second-order valence-corrected chi connectivity index (χ2v) is 10.1. The maximum atomic E-state index is 12.0. The molecular formula is C36H44O6. The van der Waals surface area contributed by atoms with Gasteiger partial charge in [0.2, 0.25) is 0 Å². The SMILES string of the molecule is CCCOc1c(C(C)=O)cc2ccccc2c1OCCC.CCCOc1cc2c(OCCC)cccc2cc1C(C)=O. The largest absolute Gasteiger partial charge is 0.493 e. The Morgan fingerprint density at radius 1 is 0.524 bits per heavy atom. The molecule has 6 nitrogen and oxygen atoms in total. The highest BCUT2D eigenvalue weighted by Gasteiger charge is 2.19. The van der Waals surface area contributed by atoms with Gasteiger partial charge >= 0.3 is 0 Å². The second kappa shape index (κ2) is 16.4. The maximum Gasteiger partial charge on any atom is 0.172 e. The first-order chi connectivity index (χ1) is 20.4. The van der Waals surface area contributed by atoms with Gasteiger partial charge in [0, 0.05) is 10.8 Å². The van der Waals surface area contributed by atoms with E-state index in [-0.39, 0.29) is 11.6 Å². The molecule has 0 fully saturated rings. The Morgan fingerprint density at radius 3 is 1.64 bits per heavy atom. The summed E-state index contributed by atoms with van der Waals surface area (Å²) in [4.78, 5) is 23.8. The van der Waals surface area contributed by atoms with E-state index in [1.165, 1.54) is 0 Å². The van der Waals surface area contributed by atoms with E-state index in [0.717, 1.165) is 53.0 Å². The molecule has 0 bridgehead atoms. The van der Waals surface area contributed by atoms with E-state index in [2.05, 4.69) is 13.8 Å². The van der Waals surface area contributed by atoms with E-state index in [1.807, 2.05) is 74.5 Å². The van der Waals surface area contributed by atoms with Crippen molar-refractivity contribution in [2.45, 2.75) is 67.2 Å². The first-order valence-corrected chi connectivity index (χ1v) is 15.0. The molecule has 42 heavy (non-hydrogen) atoms. The van der Waals surface area contributed by atoms with E-state index < -0.39 is 0 Å². The molecule has 4 rings (SSSR count). The summed E-state index contributed by atoms with van der Waals surface area (Å²) in [6.07, 6.45) is 3.66. The molecule has 0 aliphatic heterocycles. The quantitative estimate of drug-likeness (QED) is 0.140. The van der Waals surface area contributed by atoms with Crippen LogP contribution in [0.4, 0.5) is 0 Å². The van der Waals surface area contributed by atoms with Gasteiger partial charge < -0.3 is 18.9 Å². The summed E-state index contributed by atoms with van der Waals surface area (Å²) in [5, 5.41) is 3.97. The van der Waals surface area contributed by atoms with Crippen LogP contribution in [0.2, 0.25) is 0 Å². The molecule has 0 aromatic heterocycles. The Hall–Kier alpha value is -4.06. The van der Waals surface area contributed by atoms with Crippen molar-refractivity contribution < 1.29 is 28.5 Å². The van der Waals surface area contributed by atoms with Gasteiger partial charge in [-0.05, 0) is 74.6 Å². The van der Waals surface area contributed by atoms with Gasteiger partial charge in [-0.25, -0.2) is 0 Å². The molecule has 4 aromatic rings. The molecule has 0 saturated heterocycles. The fourth-order valence-corrected chi connectivity index (χ4v) is 4.47. The third kappa shape index (κ3) is 8.25. The number of hydrogen-bond donors (Lipinski definition) is 0. The molecule has 0 atom stereocenters. The summed E-state index contributed by atoms with van der Waals surface area (Å²) in [5.74, 6) is 2.76. The zero-order chi connectivity index (χ0) is 30.5. The van der Waals surface area contributed by atoms with Crippen molar-refractivity contribution >= 4 is 33.1 Å². The summed E-state index contributed by atoms with van der Waals surface area (Å²) in [6, 6.07) is 19.5. The molecule has 0 unspecified atom stereocenters. The molecule has 0 radical (unpaired) electrons. The van der Waals surface area contributed by atoms with Crippen LogP contribution in [0, 0.1) is 0 Å². The molecule has 4 aromatic carbocycles. The van der Waals surface area contributed by atoms with Crippen LogP contribution in [0.15, 0.2) is 60.7 Å². The van der Waals surface area contributed by atoms with Crippen molar-refractivity contribution in [2.24, 2.45) is 0 Å². The zero-order valence-corrected chi connectivity index (χ0v) is 25.9. The molecule has 0 amide bonds. The fourth-order valence-electron chi connectivity index (χ4n) is 4.47. The monoisotopic (exact) mass is 572 g/mol. The van der Waals surface area contributed by atoms with Gasteiger partial charge in [-0.15, -0.1) is 0 Å². The number of benzene rings is 4. The number of carbonyl (C=O) groups excluding carboxylic acids is 2. The summed E-state index contributed by atoms with van der Waals surface area (Å²) < 4.78 is 23.3. The topological polar surface area (TPSA) is 71.1 Å². The number of ether oxygens (including phenoxy) is 4. The van der Waals surface area contributed by atoms with Crippen molar-refractivity contribution in [3.05, 3.63) is 71.8 Å². The minimum absolute atomic E-state index is 0.00629. The van der Waals surface area contributed by atoms with Gasteiger partial charge in [-0.2, -0.15) is 0 Å². The van der Waals surface area contributed by atoms with Crippen molar-refractivity contribution in [1.29, 1.82) is 0 Å². The predicted octanol–water partition coefficient (Wildman–Crippen LogP) is 9.24. The first kappa shape index (κ1) is 32.5. The highest BCUT2D eigenvalue weighted by atomic mass is 16.5. The van der Waals surface area contributed by atoms with Gasteiger partial charge in [-0.3, -0.25) is 9.59 Å². The Kier molecular flexibility index (Phi) is 12.7. The average Bonchev–Trinajstić information content (AvgIpc) is 3.00. The molecule has 0 heterocycles. The first-order valence-electron chi connectivity index (χ1n) is 15.0. The van der Waals surface area contributed by atoms with E-state index in [4.69, 9.17) is 18.9 Å². The van der Waals surface area contributed by atoms with Crippen LogP contribution in [0.3, 0.4) is 0 Å². The molecule has 0 saturated carbocycles. The van der Waals surface area contributed by atoms with Gasteiger partial charge in [0.1, 0.15) is 11.5 Å². The zero-order valence-electron chi connectivity index (χ0n) is 25.9. The highest BCUT2D eigenvalue weighted by Crippen LogP contribution is 2.40. The van der Waals surface area contributed by atoms with E-state index >= 15 is 0 Å². The summed E-state index contributed by atoms with van der Waals surface area (Å²) in [5.41, 5.74) is 1.22. The van der Waals surface area contributed by atoms with Crippen LogP contribution in [-0.4, -0.2) is 38.0 Å². The average molecular weight is 573 g/mol. The van der Waals surface area contributed by atoms with Gasteiger partial charge in [0.05, 0.1) is 37.6 Å². The lowest BCUT2D eigenvalue weighted by molar-refractivity contribution is 0.100. The summed E-state index contributed by atoms with van der Waals surface area (Å²) in [6.45, 7) is 13.8. The number of rotatable bonds is 14. The minimum atomic E-state index is -0.00629. The molecular weight excluding hydrogens is 528 g/mol. The molecule has 0 aliphatic carbocycles. The van der Waals surface area contributed by atoms with E-state index in [0.29, 0.717) is 54.8 Å². The van der Waals surface area contributed by atoms with Gasteiger partial charge in [-0.1, -0.05) is 64.1 Å². The van der Waals surface area contributed by atoms with Crippen LogP contribution in [-0.2, 0) is 0 Å². The van der Waals surface area contributed by atoms with Crippen molar-refractivity contribution in [2.75, 3.05) is 26.4 Å².